The smallest absolute Gasteiger partial charge is 0.352 e. The molecule has 3 atom stereocenters. The molecule has 0 aliphatic carbocycles. The van der Waals surface area contributed by atoms with Crippen molar-refractivity contribution in [2.24, 2.45) is 5.16 Å². The van der Waals surface area contributed by atoms with Crippen LogP contribution in [-0.4, -0.2) is 62.3 Å². The fraction of sp³-hybridized carbons (Fsp3) is 0.357. The lowest BCUT2D eigenvalue weighted by molar-refractivity contribution is -0.150. The van der Waals surface area contributed by atoms with Gasteiger partial charge in [0.2, 0.25) is 0 Å². The molecule has 2 unspecified atom stereocenters. The van der Waals surface area contributed by atoms with Crippen LogP contribution in [0, 0.1) is 0 Å². The number of aromatic nitrogens is 1. The quantitative estimate of drug-likeness (QED) is 0.318. The molecule has 144 valence electrons. The number of nitrogens with two attached hydrogens (primary N) is 1. The van der Waals surface area contributed by atoms with Gasteiger partial charge in [-0.3, -0.25) is 14.5 Å². The number of carbonyl (C=O) groups is 3. The average molecular weight is 476 g/mol. The van der Waals surface area contributed by atoms with Crippen LogP contribution < -0.4 is 11.1 Å². The Morgan fingerprint density at radius 1 is 1.52 bits per heavy atom. The van der Waals surface area contributed by atoms with Gasteiger partial charge in [0.05, 0.1) is 0 Å². The van der Waals surface area contributed by atoms with Gasteiger partial charge in [0, 0.05) is 5.25 Å². The van der Waals surface area contributed by atoms with Gasteiger partial charge in [-0.15, -0.1) is 11.8 Å². The standard InChI is InChI=1S/C14H14BrN5O5S2/c1-4-3-5(13(23)24)20-11(22)8(12(20)26-4)17-10(21)7(19-25-2)6-9(15)27-14(16)18-6/h3-4,8,12H,1-2H3,(H2,16,18)(H,17,21)(H,23,24)/t4?,8?,12-/m0/s1. The molecule has 4 N–H and O–H groups in total. The number of anilines is 1. The number of fused-ring (bicyclic) bond motifs is 1. The fourth-order valence-corrected chi connectivity index (χ4v) is 5.35. The number of rotatable bonds is 5. The number of oxime groups is 1. The number of thiazole rings is 1. The van der Waals surface area contributed by atoms with E-state index in [-0.39, 0.29) is 27.5 Å². The summed E-state index contributed by atoms with van der Waals surface area (Å²) in [5, 5.41) is 15.2. The minimum atomic E-state index is -1.19. The molecule has 0 spiro atoms. The van der Waals surface area contributed by atoms with Gasteiger partial charge >= 0.3 is 5.97 Å². The largest absolute Gasteiger partial charge is 0.477 e. The molecular formula is C14H14BrN5O5S2. The highest BCUT2D eigenvalue weighted by Gasteiger charge is 2.54. The Balaban J connectivity index is 1.81. The number of nitrogen functional groups attached to an aromatic ring is 1. The molecule has 2 amide bonds. The van der Waals surface area contributed by atoms with E-state index in [1.165, 1.54) is 29.8 Å². The van der Waals surface area contributed by atoms with Gasteiger partial charge in [-0.1, -0.05) is 16.5 Å². The maximum atomic E-state index is 12.7. The van der Waals surface area contributed by atoms with Gasteiger partial charge in [-0.25, -0.2) is 9.78 Å². The van der Waals surface area contributed by atoms with Crippen LogP contribution in [0.5, 0.6) is 0 Å². The number of β-lactam (4-membered cyclic amide) rings is 1. The van der Waals surface area contributed by atoms with Gasteiger partial charge in [-0.2, -0.15) is 0 Å². The predicted molar refractivity (Wildman–Crippen MR) is 103 cm³/mol. The first-order valence-electron chi connectivity index (χ1n) is 7.52. The molecule has 0 radical (unpaired) electrons. The summed E-state index contributed by atoms with van der Waals surface area (Å²) in [6.45, 7) is 1.82. The number of carbonyl (C=O) groups excluding carboxylic acids is 2. The van der Waals surface area contributed by atoms with Crippen LogP contribution >= 0.6 is 39.0 Å². The summed E-state index contributed by atoms with van der Waals surface area (Å²) in [4.78, 5) is 46.4. The Morgan fingerprint density at radius 3 is 2.78 bits per heavy atom. The van der Waals surface area contributed by atoms with E-state index in [4.69, 9.17) is 10.6 Å². The third kappa shape index (κ3) is 3.53. The normalized spacial score (nSPS) is 24.6. The molecule has 3 heterocycles. The molecule has 1 aromatic heterocycles. The number of aliphatic carboxylic acids is 1. The average Bonchev–Trinajstić information content (AvgIpc) is 2.94. The second-order valence-corrected chi connectivity index (χ2v) is 9.39. The molecule has 13 heteroatoms. The highest BCUT2D eigenvalue weighted by atomic mass is 79.9. The summed E-state index contributed by atoms with van der Waals surface area (Å²) >= 11 is 5.75. The topological polar surface area (TPSA) is 147 Å². The van der Waals surface area contributed by atoms with Crippen LogP contribution in [0.4, 0.5) is 5.13 Å². The lowest BCUT2D eigenvalue weighted by Crippen LogP contribution is -2.71. The van der Waals surface area contributed by atoms with E-state index in [2.05, 4.69) is 31.4 Å². The molecule has 10 nitrogen and oxygen atoms in total. The number of hydrogen-bond acceptors (Lipinski definition) is 9. The summed E-state index contributed by atoms with van der Waals surface area (Å²) in [6.07, 6.45) is 1.51. The van der Waals surface area contributed by atoms with E-state index in [9.17, 15) is 19.5 Å². The predicted octanol–water partition coefficient (Wildman–Crippen LogP) is 0.595. The highest BCUT2D eigenvalue weighted by molar-refractivity contribution is 9.11. The zero-order valence-corrected chi connectivity index (χ0v) is 17.2. The van der Waals surface area contributed by atoms with Crippen molar-refractivity contribution in [2.75, 3.05) is 12.8 Å². The SMILES string of the molecule is CON=C(C(=O)NC1C(=O)N2C(C(=O)O)=CC(C)S[C@@H]12)c1nc(N)sc1Br. The number of nitrogens with zero attached hydrogens (tertiary/aromatic N) is 3. The van der Waals surface area contributed by atoms with Gasteiger partial charge in [0.15, 0.2) is 10.8 Å². The van der Waals surface area contributed by atoms with Gasteiger partial charge in [0.25, 0.3) is 11.8 Å². The molecule has 1 aromatic rings. The fourth-order valence-electron chi connectivity index (χ4n) is 2.68. The Morgan fingerprint density at radius 2 is 2.22 bits per heavy atom. The summed E-state index contributed by atoms with van der Waals surface area (Å²) < 4.78 is 0.490. The van der Waals surface area contributed by atoms with Crippen molar-refractivity contribution in [1.82, 2.24) is 15.2 Å². The Bertz CT molecular complexity index is 885. The first kappa shape index (κ1) is 19.6. The Hall–Kier alpha value is -2.12. The number of carboxylic acid groups (broad SMARTS) is 1. The number of hydrogen-bond donors (Lipinski definition) is 3. The second-order valence-electron chi connectivity index (χ2n) is 5.55. The summed E-state index contributed by atoms with van der Waals surface area (Å²) in [6, 6.07) is -0.884. The lowest BCUT2D eigenvalue weighted by Gasteiger charge is -2.49. The minimum absolute atomic E-state index is 0.0810. The number of thioether (sulfide) groups is 1. The summed E-state index contributed by atoms with van der Waals surface area (Å²) in [5.74, 6) is -2.37. The van der Waals surface area contributed by atoms with Crippen molar-refractivity contribution in [3.63, 3.8) is 0 Å². The van der Waals surface area contributed by atoms with Crippen LogP contribution in [0.15, 0.2) is 20.7 Å². The van der Waals surface area contributed by atoms with Crippen molar-refractivity contribution >= 4 is 67.7 Å². The zero-order valence-electron chi connectivity index (χ0n) is 14.0. The maximum absolute atomic E-state index is 12.7. The third-order valence-corrected chi connectivity index (χ3v) is 6.64. The van der Waals surface area contributed by atoms with E-state index in [0.29, 0.717) is 3.79 Å². The third-order valence-electron chi connectivity index (χ3n) is 3.78. The molecule has 1 saturated heterocycles. The zero-order chi connectivity index (χ0) is 19.9. The molecule has 1 fully saturated rings. The summed E-state index contributed by atoms with van der Waals surface area (Å²) in [5.41, 5.74) is 5.61. The van der Waals surface area contributed by atoms with Crippen molar-refractivity contribution in [2.45, 2.75) is 23.6 Å². The Kier molecular flexibility index (Phi) is 5.44. The number of amides is 2. The Labute approximate surface area is 169 Å². The molecule has 27 heavy (non-hydrogen) atoms. The highest BCUT2D eigenvalue weighted by Crippen LogP contribution is 2.40. The van der Waals surface area contributed by atoms with Crippen LogP contribution in [0.2, 0.25) is 0 Å². The monoisotopic (exact) mass is 475 g/mol. The molecular weight excluding hydrogens is 462 g/mol. The number of halogens is 1. The van der Waals surface area contributed by atoms with Gasteiger partial charge < -0.3 is 21.0 Å². The second kappa shape index (κ2) is 7.48. The molecule has 0 aromatic carbocycles. The first-order chi connectivity index (χ1) is 12.7. The van der Waals surface area contributed by atoms with Crippen LogP contribution in [-0.2, 0) is 19.2 Å². The van der Waals surface area contributed by atoms with Gasteiger partial charge in [0.1, 0.15) is 33.7 Å². The molecule has 2 aliphatic heterocycles. The van der Waals surface area contributed by atoms with Crippen molar-refractivity contribution < 1.29 is 24.3 Å². The van der Waals surface area contributed by atoms with E-state index in [1.54, 1.807) is 0 Å². The van der Waals surface area contributed by atoms with Crippen molar-refractivity contribution in [3.8, 4) is 0 Å². The molecule has 0 saturated carbocycles. The minimum Gasteiger partial charge on any atom is -0.477 e. The molecule has 3 rings (SSSR count). The maximum Gasteiger partial charge on any atom is 0.352 e. The van der Waals surface area contributed by atoms with E-state index >= 15 is 0 Å². The number of carboxylic acids is 1. The van der Waals surface area contributed by atoms with Crippen LogP contribution in [0.3, 0.4) is 0 Å². The number of nitrogens with one attached hydrogen (secondary N) is 1. The molecule has 0 bridgehead atoms. The first-order valence-corrected chi connectivity index (χ1v) is 10.1. The van der Waals surface area contributed by atoms with Crippen molar-refractivity contribution in [3.05, 3.63) is 21.3 Å². The van der Waals surface area contributed by atoms with Crippen LogP contribution in [0.25, 0.3) is 0 Å². The van der Waals surface area contributed by atoms with Gasteiger partial charge in [-0.05, 0) is 28.9 Å². The molecule has 2 aliphatic rings. The summed E-state index contributed by atoms with van der Waals surface area (Å²) in [7, 11) is 1.27. The van der Waals surface area contributed by atoms with Crippen LogP contribution in [0.1, 0.15) is 12.6 Å². The van der Waals surface area contributed by atoms with E-state index in [0.717, 1.165) is 11.3 Å². The van der Waals surface area contributed by atoms with Crippen molar-refractivity contribution in [1.29, 1.82) is 0 Å². The lowest BCUT2D eigenvalue weighted by atomic mass is 10.0. The van der Waals surface area contributed by atoms with E-state index in [1.807, 2.05) is 6.92 Å². The van der Waals surface area contributed by atoms with E-state index < -0.39 is 29.2 Å².